The number of rotatable bonds is 3. The lowest BCUT2D eigenvalue weighted by molar-refractivity contribution is -0.139. The maximum atomic E-state index is 10.6. The number of carboxylic acids is 1. The van der Waals surface area contributed by atoms with Gasteiger partial charge in [-0.05, 0) is 30.7 Å². The molecular formula is C10H19NO2. The van der Waals surface area contributed by atoms with Crippen LogP contribution >= 0.6 is 0 Å². The Morgan fingerprint density at radius 3 is 2.77 bits per heavy atom. The monoisotopic (exact) mass is 185 g/mol. The summed E-state index contributed by atoms with van der Waals surface area (Å²) >= 11 is 0. The van der Waals surface area contributed by atoms with Gasteiger partial charge >= 0.3 is 5.97 Å². The van der Waals surface area contributed by atoms with Gasteiger partial charge in [-0.25, -0.2) is 0 Å². The van der Waals surface area contributed by atoms with Crippen LogP contribution in [0, 0.1) is 17.8 Å². The maximum Gasteiger partial charge on any atom is 0.303 e. The molecule has 3 nitrogen and oxygen atoms in total. The van der Waals surface area contributed by atoms with Crippen molar-refractivity contribution in [3.8, 4) is 0 Å². The van der Waals surface area contributed by atoms with E-state index in [0.29, 0.717) is 30.7 Å². The summed E-state index contributed by atoms with van der Waals surface area (Å²) in [6, 6.07) is 0. The quantitative estimate of drug-likeness (QED) is 0.700. The molecule has 1 fully saturated rings. The first-order valence-electron chi connectivity index (χ1n) is 5.07. The highest BCUT2D eigenvalue weighted by molar-refractivity contribution is 5.67. The van der Waals surface area contributed by atoms with Crippen molar-refractivity contribution in [2.75, 3.05) is 6.54 Å². The summed E-state index contributed by atoms with van der Waals surface area (Å²) in [5.74, 6) is 0.576. The van der Waals surface area contributed by atoms with E-state index in [1.807, 2.05) is 0 Å². The van der Waals surface area contributed by atoms with Gasteiger partial charge in [-0.2, -0.15) is 0 Å². The van der Waals surface area contributed by atoms with Crippen LogP contribution in [0.25, 0.3) is 0 Å². The Balaban J connectivity index is 2.56. The normalized spacial score (nSPS) is 34.5. The molecule has 3 unspecified atom stereocenters. The number of nitrogens with two attached hydrogens (primary N) is 1. The molecule has 1 rings (SSSR count). The van der Waals surface area contributed by atoms with E-state index in [4.69, 9.17) is 10.8 Å². The van der Waals surface area contributed by atoms with Crippen molar-refractivity contribution < 1.29 is 9.90 Å². The second kappa shape index (κ2) is 4.61. The first-order chi connectivity index (χ1) is 6.15. The number of hydrogen-bond acceptors (Lipinski definition) is 2. The number of aliphatic carboxylic acids is 1. The van der Waals surface area contributed by atoms with Crippen molar-refractivity contribution in [3.05, 3.63) is 0 Å². The molecule has 3 heteroatoms. The number of carbonyl (C=O) groups is 1. The molecule has 0 aromatic carbocycles. The van der Waals surface area contributed by atoms with Gasteiger partial charge in [0.15, 0.2) is 0 Å². The van der Waals surface area contributed by atoms with Crippen molar-refractivity contribution in [3.63, 3.8) is 0 Å². The fraction of sp³-hybridized carbons (Fsp3) is 0.900. The van der Waals surface area contributed by atoms with E-state index in [9.17, 15) is 4.79 Å². The molecule has 0 aliphatic heterocycles. The van der Waals surface area contributed by atoms with E-state index >= 15 is 0 Å². The van der Waals surface area contributed by atoms with Gasteiger partial charge in [-0.3, -0.25) is 4.79 Å². The SMILES string of the molecule is CC1CCCC(CN)C1CC(=O)O. The highest BCUT2D eigenvalue weighted by atomic mass is 16.4. The summed E-state index contributed by atoms with van der Waals surface area (Å²) in [5.41, 5.74) is 5.64. The van der Waals surface area contributed by atoms with Crippen LogP contribution in [0.3, 0.4) is 0 Å². The lowest BCUT2D eigenvalue weighted by Crippen LogP contribution is -2.33. The Hall–Kier alpha value is -0.570. The largest absolute Gasteiger partial charge is 0.481 e. The van der Waals surface area contributed by atoms with Gasteiger partial charge in [0.1, 0.15) is 0 Å². The first kappa shape index (κ1) is 10.5. The third kappa shape index (κ3) is 2.69. The van der Waals surface area contributed by atoms with Gasteiger partial charge in [0.2, 0.25) is 0 Å². The van der Waals surface area contributed by atoms with E-state index in [-0.39, 0.29) is 0 Å². The van der Waals surface area contributed by atoms with Crippen LogP contribution in [0.1, 0.15) is 32.6 Å². The van der Waals surface area contributed by atoms with Crippen LogP contribution < -0.4 is 5.73 Å². The molecule has 1 aliphatic carbocycles. The summed E-state index contributed by atoms with van der Waals surface area (Å²) in [5, 5.41) is 8.76. The van der Waals surface area contributed by atoms with E-state index in [2.05, 4.69) is 6.92 Å². The van der Waals surface area contributed by atoms with Gasteiger partial charge in [-0.15, -0.1) is 0 Å². The van der Waals surface area contributed by atoms with Gasteiger partial charge in [0.25, 0.3) is 0 Å². The molecule has 0 heterocycles. The summed E-state index contributed by atoms with van der Waals surface area (Å²) in [6.07, 6.45) is 3.77. The Kier molecular flexibility index (Phi) is 3.72. The van der Waals surface area contributed by atoms with Crippen LogP contribution in [0.2, 0.25) is 0 Å². The molecular weight excluding hydrogens is 166 g/mol. The van der Waals surface area contributed by atoms with Crippen molar-refractivity contribution in [2.24, 2.45) is 23.5 Å². The lowest BCUT2D eigenvalue weighted by atomic mass is 9.71. The molecule has 3 atom stereocenters. The van der Waals surface area contributed by atoms with Crippen molar-refractivity contribution in [2.45, 2.75) is 32.6 Å². The molecule has 0 spiro atoms. The topological polar surface area (TPSA) is 63.3 Å². The fourth-order valence-corrected chi connectivity index (χ4v) is 2.46. The highest BCUT2D eigenvalue weighted by Gasteiger charge is 2.31. The van der Waals surface area contributed by atoms with Gasteiger partial charge < -0.3 is 10.8 Å². The van der Waals surface area contributed by atoms with E-state index in [0.717, 1.165) is 12.8 Å². The average Bonchev–Trinajstić information content (AvgIpc) is 2.08. The first-order valence-corrected chi connectivity index (χ1v) is 5.07. The Labute approximate surface area is 79.3 Å². The number of hydrogen-bond donors (Lipinski definition) is 2. The fourth-order valence-electron chi connectivity index (χ4n) is 2.46. The second-order valence-electron chi connectivity index (χ2n) is 4.17. The highest BCUT2D eigenvalue weighted by Crippen LogP contribution is 2.36. The molecule has 0 bridgehead atoms. The predicted molar refractivity (Wildman–Crippen MR) is 51.3 cm³/mol. The summed E-state index contributed by atoms with van der Waals surface area (Å²) in [4.78, 5) is 10.6. The average molecular weight is 185 g/mol. The molecule has 0 aromatic rings. The van der Waals surface area contributed by atoms with E-state index in [1.54, 1.807) is 0 Å². The zero-order chi connectivity index (χ0) is 9.84. The van der Waals surface area contributed by atoms with Crippen LogP contribution in [0.4, 0.5) is 0 Å². The molecule has 0 saturated heterocycles. The maximum absolute atomic E-state index is 10.6. The van der Waals surface area contributed by atoms with Crippen molar-refractivity contribution in [1.29, 1.82) is 0 Å². The molecule has 1 saturated carbocycles. The van der Waals surface area contributed by atoms with Crippen molar-refractivity contribution in [1.82, 2.24) is 0 Å². The minimum Gasteiger partial charge on any atom is -0.481 e. The van der Waals surface area contributed by atoms with Crippen LogP contribution in [-0.2, 0) is 4.79 Å². The van der Waals surface area contributed by atoms with Crippen LogP contribution in [-0.4, -0.2) is 17.6 Å². The van der Waals surface area contributed by atoms with Crippen molar-refractivity contribution >= 4 is 5.97 Å². The molecule has 0 amide bonds. The smallest absolute Gasteiger partial charge is 0.303 e. The minimum absolute atomic E-state index is 0.295. The molecule has 13 heavy (non-hydrogen) atoms. The van der Waals surface area contributed by atoms with Gasteiger partial charge in [-0.1, -0.05) is 19.8 Å². The summed E-state index contributed by atoms with van der Waals surface area (Å²) in [7, 11) is 0. The zero-order valence-electron chi connectivity index (χ0n) is 8.20. The summed E-state index contributed by atoms with van der Waals surface area (Å²) < 4.78 is 0. The van der Waals surface area contributed by atoms with E-state index in [1.165, 1.54) is 6.42 Å². The molecule has 1 aliphatic rings. The lowest BCUT2D eigenvalue weighted by Gasteiger charge is -2.35. The van der Waals surface area contributed by atoms with Crippen LogP contribution in [0.5, 0.6) is 0 Å². The van der Waals surface area contributed by atoms with E-state index < -0.39 is 5.97 Å². The Morgan fingerprint density at radius 1 is 1.54 bits per heavy atom. The second-order valence-corrected chi connectivity index (χ2v) is 4.17. The molecule has 3 N–H and O–H groups in total. The minimum atomic E-state index is -0.683. The van der Waals surface area contributed by atoms with Gasteiger partial charge in [0, 0.05) is 6.42 Å². The molecule has 76 valence electrons. The third-order valence-electron chi connectivity index (χ3n) is 3.28. The van der Waals surface area contributed by atoms with Gasteiger partial charge in [0.05, 0.1) is 0 Å². The standard InChI is InChI=1S/C10H19NO2/c1-7-3-2-4-8(6-11)9(7)5-10(12)13/h7-9H,2-6,11H2,1H3,(H,12,13). The molecule has 0 radical (unpaired) electrons. The summed E-state index contributed by atoms with van der Waals surface area (Å²) in [6.45, 7) is 2.79. The number of carboxylic acid groups (broad SMARTS) is 1. The van der Waals surface area contributed by atoms with Crippen LogP contribution in [0.15, 0.2) is 0 Å². The molecule has 0 aromatic heterocycles. The zero-order valence-corrected chi connectivity index (χ0v) is 8.20. The third-order valence-corrected chi connectivity index (χ3v) is 3.28. The predicted octanol–water partition coefficient (Wildman–Crippen LogP) is 1.47. The Bertz CT molecular complexity index is 182. The Morgan fingerprint density at radius 2 is 2.23 bits per heavy atom.